The Kier molecular flexibility index (Phi) is 4.77. The molecule has 1 saturated heterocycles. The van der Waals surface area contributed by atoms with Crippen molar-refractivity contribution in [3.8, 4) is 0 Å². The summed E-state index contributed by atoms with van der Waals surface area (Å²) in [6.07, 6.45) is 2.44. The van der Waals surface area contributed by atoms with Gasteiger partial charge >= 0.3 is 0 Å². The standard InChI is InChI=1S/C14H25N5O/c1-4-20-9-12-16-11(18-15)8-13(17-12)19-7-5-6-14(2,3)10-19/h8H,4-7,9-10,15H2,1-3H3,(H,16,17,18). The first kappa shape index (κ1) is 15.0. The number of hydrogen-bond donors (Lipinski definition) is 2. The molecule has 0 atom stereocenters. The third-order valence-electron chi connectivity index (χ3n) is 3.57. The first-order valence-electron chi connectivity index (χ1n) is 7.21. The summed E-state index contributed by atoms with van der Waals surface area (Å²) >= 11 is 0. The predicted octanol–water partition coefficient (Wildman–Crippen LogP) is 1.93. The molecule has 1 aromatic heterocycles. The topological polar surface area (TPSA) is 76.3 Å². The molecule has 1 aliphatic heterocycles. The molecule has 6 heteroatoms. The van der Waals surface area contributed by atoms with E-state index in [1.807, 2.05) is 13.0 Å². The molecule has 20 heavy (non-hydrogen) atoms. The minimum atomic E-state index is 0.319. The Morgan fingerprint density at radius 1 is 1.45 bits per heavy atom. The summed E-state index contributed by atoms with van der Waals surface area (Å²) in [6.45, 7) is 9.64. The number of aromatic nitrogens is 2. The Labute approximate surface area is 120 Å². The van der Waals surface area contributed by atoms with Gasteiger partial charge in [0.25, 0.3) is 0 Å². The molecular formula is C14H25N5O. The van der Waals surface area contributed by atoms with Crippen LogP contribution in [-0.2, 0) is 11.3 Å². The lowest BCUT2D eigenvalue weighted by Gasteiger charge is -2.38. The lowest BCUT2D eigenvalue weighted by Crippen LogP contribution is -2.40. The van der Waals surface area contributed by atoms with Gasteiger partial charge in [-0.25, -0.2) is 15.8 Å². The lowest BCUT2D eigenvalue weighted by atomic mass is 9.84. The van der Waals surface area contributed by atoms with E-state index >= 15 is 0 Å². The molecule has 0 bridgehead atoms. The smallest absolute Gasteiger partial charge is 0.158 e. The lowest BCUT2D eigenvalue weighted by molar-refractivity contribution is 0.128. The van der Waals surface area contributed by atoms with Gasteiger partial charge in [-0.2, -0.15) is 0 Å². The molecule has 0 aliphatic carbocycles. The van der Waals surface area contributed by atoms with Crippen LogP contribution in [0.5, 0.6) is 0 Å². The minimum absolute atomic E-state index is 0.319. The van der Waals surface area contributed by atoms with E-state index in [0.29, 0.717) is 30.3 Å². The maximum absolute atomic E-state index is 5.50. The Hall–Kier alpha value is -1.40. The third kappa shape index (κ3) is 3.80. The van der Waals surface area contributed by atoms with Gasteiger partial charge in [0.1, 0.15) is 18.2 Å². The van der Waals surface area contributed by atoms with Gasteiger partial charge in [0.2, 0.25) is 0 Å². The number of hydrogen-bond acceptors (Lipinski definition) is 6. The van der Waals surface area contributed by atoms with Crippen LogP contribution in [0.2, 0.25) is 0 Å². The molecule has 2 heterocycles. The molecule has 0 unspecified atom stereocenters. The zero-order chi connectivity index (χ0) is 14.6. The maximum Gasteiger partial charge on any atom is 0.158 e. The van der Waals surface area contributed by atoms with Crippen molar-refractivity contribution in [3.05, 3.63) is 11.9 Å². The summed E-state index contributed by atoms with van der Waals surface area (Å²) in [5.74, 6) is 7.73. The molecule has 2 rings (SSSR count). The first-order valence-corrected chi connectivity index (χ1v) is 7.21. The van der Waals surface area contributed by atoms with Gasteiger partial charge in [0.15, 0.2) is 5.82 Å². The molecule has 0 aromatic carbocycles. The van der Waals surface area contributed by atoms with E-state index in [1.54, 1.807) is 0 Å². The van der Waals surface area contributed by atoms with Gasteiger partial charge in [-0.3, -0.25) is 0 Å². The number of ether oxygens (including phenoxy) is 1. The Morgan fingerprint density at radius 3 is 2.90 bits per heavy atom. The first-order chi connectivity index (χ1) is 9.54. The minimum Gasteiger partial charge on any atom is -0.374 e. The Morgan fingerprint density at radius 2 is 2.25 bits per heavy atom. The molecule has 1 aromatic rings. The molecule has 0 amide bonds. The van der Waals surface area contributed by atoms with Crippen LogP contribution in [-0.4, -0.2) is 29.7 Å². The second kappa shape index (κ2) is 6.37. The van der Waals surface area contributed by atoms with Crippen LogP contribution in [0.15, 0.2) is 6.07 Å². The third-order valence-corrected chi connectivity index (χ3v) is 3.57. The van der Waals surface area contributed by atoms with Crippen molar-refractivity contribution in [2.45, 2.75) is 40.2 Å². The van der Waals surface area contributed by atoms with Gasteiger partial charge in [0.05, 0.1) is 0 Å². The molecule has 3 N–H and O–H groups in total. The second-order valence-corrected chi connectivity index (χ2v) is 6.00. The SMILES string of the molecule is CCOCc1nc(NN)cc(N2CCCC(C)(C)C2)n1. The zero-order valence-corrected chi connectivity index (χ0v) is 12.6. The van der Waals surface area contributed by atoms with Gasteiger partial charge in [-0.05, 0) is 25.2 Å². The average molecular weight is 279 g/mol. The number of nitrogens with one attached hydrogen (secondary N) is 1. The number of nitrogens with zero attached hydrogens (tertiary/aromatic N) is 3. The van der Waals surface area contributed by atoms with Crippen LogP contribution in [0, 0.1) is 5.41 Å². The van der Waals surface area contributed by atoms with E-state index in [0.717, 1.165) is 18.9 Å². The van der Waals surface area contributed by atoms with Crippen molar-refractivity contribution in [3.63, 3.8) is 0 Å². The molecule has 0 spiro atoms. The highest BCUT2D eigenvalue weighted by Gasteiger charge is 2.27. The highest BCUT2D eigenvalue weighted by Crippen LogP contribution is 2.31. The molecule has 6 nitrogen and oxygen atoms in total. The van der Waals surface area contributed by atoms with Crippen LogP contribution < -0.4 is 16.2 Å². The summed E-state index contributed by atoms with van der Waals surface area (Å²) in [5.41, 5.74) is 2.93. The molecule has 0 radical (unpaired) electrons. The van der Waals surface area contributed by atoms with Gasteiger partial charge < -0.3 is 15.1 Å². The van der Waals surface area contributed by atoms with Gasteiger partial charge in [-0.15, -0.1) is 0 Å². The van der Waals surface area contributed by atoms with E-state index in [1.165, 1.54) is 12.8 Å². The molecule has 1 fully saturated rings. The number of nitrogen functional groups attached to an aromatic ring is 1. The number of hydrazine groups is 1. The van der Waals surface area contributed by atoms with Gasteiger partial charge in [-0.1, -0.05) is 13.8 Å². The van der Waals surface area contributed by atoms with Crippen molar-refractivity contribution in [2.75, 3.05) is 30.0 Å². The number of rotatable bonds is 5. The fourth-order valence-corrected chi connectivity index (χ4v) is 2.60. The fourth-order valence-electron chi connectivity index (χ4n) is 2.60. The molecular weight excluding hydrogens is 254 g/mol. The largest absolute Gasteiger partial charge is 0.374 e. The zero-order valence-electron chi connectivity index (χ0n) is 12.6. The number of piperidine rings is 1. The molecule has 112 valence electrons. The summed E-state index contributed by atoms with van der Waals surface area (Å²) in [7, 11) is 0. The number of anilines is 2. The van der Waals surface area contributed by atoms with Crippen LogP contribution in [0.3, 0.4) is 0 Å². The van der Waals surface area contributed by atoms with Crippen molar-refractivity contribution >= 4 is 11.6 Å². The van der Waals surface area contributed by atoms with Crippen LogP contribution in [0.1, 0.15) is 39.4 Å². The Balaban J connectivity index is 2.21. The summed E-state index contributed by atoms with van der Waals surface area (Å²) < 4.78 is 5.39. The quantitative estimate of drug-likeness (QED) is 0.633. The Bertz CT molecular complexity index is 449. The van der Waals surface area contributed by atoms with Crippen molar-refractivity contribution in [1.82, 2.24) is 9.97 Å². The average Bonchev–Trinajstić information content (AvgIpc) is 2.43. The second-order valence-electron chi connectivity index (χ2n) is 6.00. The maximum atomic E-state index is 5.50. The van der Waals surface area contributed by atoms with Crippen molar-refractivity contribution in [2.24, 2.45) is 11.3 Å². The van der Waals surface area contributed by atoms with E-state index < -0.39 is 0 Å². The van der Waals surface area contributed by atoms with Crippen LogP contribution in [0.4, 0.5) is 11.6 Å². The summed E-state index contributed by atoms with van der Waals surface area (Å²) in [5, 5.41) is 0. The highest BCUT2D eigenvalue weighted by molar-refractivity contribution is 5.49. The fraction of sp³-hybridized carbons (Fsp3) is 0.714. The normalized spacial score (nSPS) is 18.1. The summed E-state index contributed by atoms with van der Waals surface area (Å²) in [4.78, 5) is 11.2. The van der Waals surface area contributed by atoms with Gasteiger partial charge in [0, 0.05) is 25.8 Å². The number of nitrogens with two attached hydrogens (primary N) is 1. The van der Waals surface area contributed by atoms with E-state index in [2.05, 4.69) is 34.1 Å². The summed E-state index contributed by atoms with van der Waals surface area (Å²) in [6, 6.07) is 1.90. The molecule has 1 aliphatic rings. The van der Waals surface area contributed by atoms with E-state index in [4.69, 9.17) is 10.6 Å². The highest BCUT2D eigenvalue weighted by atomic mass is 16.5. The monoisotopic (exact) mass is 279 g/mol. The van der Waals surface area contributed by atoms with E-state index in [9.17, 15) is 0 Å². The van der Waals surface area contributed by atoms with Crippen molar-refractivity contribution in [1.29, 1.82) is 0 Å². The van der Waals surface area contributed by atoms with Crippen molar-refractivity contribution < 1.29 is 4.74 Å². The predicted molar refractivity (Wildman–Crippen MR) is 80.4 cm³/mol. The van der Waals surface area contributed by atoms with Crippen LogP contribution >= 0.6 is 0 Å². The van der Waals surface area contributed by atoms with E-state index in [-0.39, 0.29) is 0 Å². The van der Waals surface area contributed by atoms with Crippen LogP contribution in [0.25, 0.3) is 0 Å². The molecule has 0 saturated carbocycles.